The number of hydrogen-bond acceptors (Lipinski definition) is 4. The van der Waals surface area contributed by atoms with E-state index in [1.807, 2.05) is 6.07 Å². The van der Waals surface area contributed by atoms with E-state index in [2.05, 4.69) is 4.72 Å². The fourth-order valence-corrected chi connectivity index (χ4v) is 3.58. The largest absolute Gasteiger partial charge is 0.384 e. The molecular formula is C17H17FN2O3S. The summed E-state index contributed by atoms with van der Waals surface area (Å²) < 4.78 is 40.2. The average molecular weight is 348 g/mol. The van der Waals surface area contributed by atoms with Crippen LogP contribution in [-0.2, 0) is 15.6 Å². The Morgan fingerprint density at radius 3 is 2.46 bits per heavy atom. The molecule has 0 heterocycles. The summed E-state index contributed by atoms with van der Waals surface area (Å²) in [7, 11) is -3.91. The van der Waals surface area contributed by atoms with E-state index in [0.29, 0.717) is 11.1 Å². The number of aliphatic hydroxyl groups is 1. The quantitative estimate of drug-likeness (QED) is 0.867. The van der Waals surface area contributed by atoms with Crippen LogP contribution in [0, 0.1) is 24.1 Å². The summed E-state index contributed by atoms with van der Waals surface area (Å²) in [5.74, 6) is -0.445. The van der Waals surface area contributed by atoms with E-state index >= 15 is 0 Å². The van der Waals surface area contributed by atoms with Crippen molar-refractivity contribution in [2.75, 3.05) is 6.54 Å². The van der Waals surface area contributed by atoms with Gasteiger partial charge < -0.3 is 5.11 Å². The molecule has 0 aliphatic heterocycles. The molecule has 0 bridgehead atoms. The van der Waals surface area contributed by atoms with Gasteiger partial charge in [0.05, 0.1) is 16.5 Å². The minimum absolute atomic E-state index is 0.0172. The maximum absolute atomic E-state index is 13.0. The molecular weight excluding hydrogens is 331 g/mol. The van der Waals surface area contributed by atoms with E-state index in [1.54, 1.807) is 13.0 Å². The topological polar surface area (TPSA) is 90.2 Å². The predicted molar refractivity (Wildman–Crippen MR) is 87.1 cm³/mol. The molecule has 0 saturated carbocycles. The molecule has 2 N–H and O–H groups in total. The predicted octanol–water partition coefficient (Wildman–Crippen LogP) is 2.19. The molecule has 0 aromatic heterocycles. The van der Waals surface area contributed by atoms with Crippen LogP contribution in [-0.4, -0.2) is 20.1 Å². The van der Waals surface area contributed by atoms with E-state index in [1.165, 1.54) is 43.3 Å². The first kappa shape index (κ1) is 18.1. The second-order valence-corrected chi connectivity index (χ2v) is 7.43. The Kier molecular flexibility index (Phi) is 5.04. The molecule has 5 nitrogen and oxygen atoms in total. The zero-order valence-electron chi connectivity index (χ0n) is 13.2. The van der Waals surface area contributed by atoms with Crippen molar-refractivity contribution in [1.29, 1.82) is 5.26 Å². The molecule has 1 unspecified atom stereocenters. The van der Waals surface area contributed by atoms with Crippen LogP contribution in [0.1, 0.15) is 23.6 Å². The molecule has 0 spiro atoms. The highest BCUT2D eigenvalue weighted by molar-refractivity contribution is 7.89. The summed E-state index contributed by atoms with van der Waals surface area (Å²) in [5, 5.41) is 19.4. The van der Waals surface area contributed by atoms with Crippen LogP contribution in [0.15, 0.2) is 47.4 Å². The first-order valence-corrected chi connectivity index (χ1v) is 8.63. The highest BCUT2D eigenvalue weighted by atomic mass is 32.2. The smallest absolute Gasteiger partial charge is 0.240 e. The molecule has 7 heteroatoms. The number of aryl methyl sites for hydroxylation is 1. The number of benzene rings is 2. The molecule has 2 aromatic rings. The number of halogens is 1. The third-order valence-electron chi connectivity index (χ3n) is 3.68. The zero-order chi connectivity index (χ0) is 18.0. The van der Waals surface area contributed by atoms with Crippen LogP contribution in [0.3, 0.4) is 0 Å². The highest BCUT2D eigenvalue weighted by Crippen LogP contribution is 2.22. The van der Waals surface area contributed by atoms with E-state index in [0.717, 1.165) is 0 Å². The molecule has 24 heavy (non-hydrogen) atoms. The number of sulfonamides is 1. The van der Waals surface area contributed by atoms with Crippen LogP contribution < -0.4 is 4.72 Å². The molecule has 2 rings (SSSR count). The summed E-state index contributed by atoms with van der Waals surface area (Å²) in [4.78, 5) is -0.0172. The van der Waals surface area contributed by atoms with Gasteiger partial charge in [-0.2, -0.15) is 5.26 Å². The molecule has 0 saturated heterocycles. The third-order valence-corrected chi connectivity index (χ3v) is 5.22. The van der Waals surface area contributed by atoms with Crippen LogP contribution in [0.25, 0.3) is 0 Å². The van der Waals surface area contributed by atoms with Gasteiger partial charge >= 0.3 is 0 Å². The molecule has 0 amide bonds. The van der Waals surface area contributed by atoms with Crippen molar-refractivity contribution in [1.82, 2.24) is 4.72 Å². The summed E-state index contributed by atoms with van der Waals surface area (Å²) in [5.41, 5.74) is -0.412. The van der Waals surface area contributed by atoms with Crippen LogP contribution in [0.5, 0.6) is 0 Å². The van der Waals surface area contributed by atoms with Gasteiger partial charge in [0.2, 0.25) is 10.0 Å². The van der Waals surface area contributed by atoms with Crippen LogP contribution in [0.4, 0.5) is 4.39 Å². The molecule has 126 valence electrons. The lowest BCUT2D eigenvalue weighted by atomic mass is 9.96. The highest BCUT2D eigenvalue weighted by Gasteiger charge is 2.27. The monoisotopic (exact) mass is 348 g/mol. The van der Waals surface area contributed by atoms with Crippen molar-refractivity contribution in [3.8, 4) is 6.07 Å². The fourth-order valence-electron chi connectivity index (χ4n) is 2.18. The molecule has 2 aromatic carbocycles. The Morgan fingerprint density at radius 1 is 1.25 bits per heavy atom. The van der Waals surface area contributed by atoms with Gasteiger partial charge in [0, 0.05) is 6.54 Å². The van der Waals surface area contributed by atoms with Crippen molar-refractivity contribution >= 4 is 10.0 Å². The molecule has 1 atom stereocenters. The van der Waals surface area contributed by atoms with Gasteiger partial charge in [-0.25, -0.2) is 17.5 Å². The van der Waals surface area contributed by atoms with E-state index in [9.17, 15) is 17.9 Å². The van der Waals surface area contributed by atoms with Gasteiger partial charge in [0.15, 0.2) is 0 Å². The Bertz CT molecular complexity index is 885. The lowest BCUT2D eigenvalue weighted by molar-refractivity contribution is 0.0627. The van der Waals surface area contributed by atoms with Crippen molar-refractivity contribution < 1.29 is 17.9 Å². The second kappa shape index (κ2) is 6.69. The second-order valence-electron chi connectivity index (χ2n) is 5.70. The number of hydrogen-bond donors (Lipinski definition) is 2. The number of nitrogens with zero attached hydrogens (tertiary/aromatic N) is 1. The average Bonchev–Trinajstić information content (AvgIpc) is 2.54. The molecule has 0 aliphatic rings. The van der Waals surface area contributed by atoms with Gasteiger partial charge in [0.25, 0.3) is 0 Å². The summed E-state index contributed by atoms with van der Waals surface area (Å²) in [6.07, 6.45) is 0. The standard InChI is InChI=1S/C17H17FN2O3S/c1-12-3-4-13(10-19)9-16(12)24(22,23)20-11-17(2,21)14-5-7-15(18)8-6-14/h3-9,20-21H,11H2,1-2H3. The van der Waals surface area contributed by atoms with Crippen molar-refractivity contribution in [3.63, 3.8) is 0 Å². The molecule has 0 fully saturated rings. The minimum Gasteiger partial charge on any atom is -0.384 e. The molecule has 0 aliphatic carbocycles. The van der Waals surface area contributed by atoms with Gasteiger partial charge in [-0.15, -0.1) is 0 Å². The van der Waals surface area contributed by atoms with Crippen LogP contribution >= 0.6 is 0 Å². The van der Waals surface area contributed by atoms with Crippen molar-refractivity contribution in [3.05, 3.63) is 65.0 Å². The lowest BCUT2D eigenvalue weighted by Crippen LogP contribution is -2.38. The van der Waals surface area contributed by atoms with E-state index in [-0.39, 0.29) is 17.0 Å². The Balaban J connectivity index is 2.24. The summed E-state index contributed by atoms with van der Waals surface area (Å²) in [6, 6.07) is 11.4. The Morgan fingerprint density at radius 2 is 1.88 bits per heavy atom. The maximum atomic E-state index is 13.0. The maximum Gasteiger partial charge on any atom is 0.240 e. The summed E-state index contributed by atoms with van der Waals surface area (Å²) in [6.45, 7) is 2.76. The first-order valence-electron chi connectivity index (χ1n) is 7.14. The fraction of sp³-hybridized carbons (Fsp3) is 0.235. The Labute approximate surface area is 140 Å². The lowest BCUT2D eigenvalue weighted by Gasteiger charge is -2.24. The SMILES string of the molecule is Cc1ccc(C#N)cc1S(=O)(=O)NCC(C)(O)c1ccc(F)cc1. The number of rotatable bonds is 5. The Hall–Kier alpha value is -2.27. The van der Waals surface area contributed by atoms with Gasteiger partial charge in [-0.3, -0.25) is 0 Å². The van der Waals surface area contributed by atoms with Crippen molar-refractivity contribution in [2.24, 2.45) is 0 Å². The number of nitrogens with one attached hydrogen (secondary N) is 1. The summed E-state index contributed by atoms with van der Waals surface area (Å²) >= 11 is 0. The minimum atomic E-state index is -3.91. The number of nitriles is 1. The van der Waals surface area contributed by atoms with E-state index < -0.39 is 21.4 Å². The van der Waals surface area contributed by atoms with Crippen LogP contribution in [0.2, 0.25) is 0 Å². The van der Waals surface area contributed by atoms with Crippen molar-refractivity contribution in [2.45, 2.75) is 24.3 Å². The van der Waals surface area contributed by atoms with Gasteiger partial charge in [-0.05, 0) is 49.2 Å². The van der Waals surface area contributed by atoms with Gasteiger partial charge in [-0.1, -0.05) is 18.2 Å². The molecule has 0 radical (unpaired) electrons. The van der Waals surface area contributed by atoms with Gasteiger partial charge in [0.1, 0.15) is 11.4 Å². The first-order chi connectivity index (χ1) is 11.2. The zero-order valence-corrected chi connectivity index (χ0v) is 14.1. The normalized spacial score (nSPS) is 14.0. The third kappa shape index (κ3) is 3.97. The van der Waals surface area contributed by atoms with E-state index in [4.69, 9.17) is 5.26 Å².